The van der Waals surface area contributed by atoms with E-state index in [2.05, 4.69) is 6.92 Å². The molecule has 0 amide bonds. The summed E-state index contributed by atoms with van der Waals surface area (Å²) in [5.41, 5.74) is 0.432. The Bertz CT molecular complexity index is 444. The highest BCUT2D eigenvalue weighted by Crippen LogP contribution is 2.28. The monoisotopic (exact) mass is 278 g/mol. The summed E-state index contributed by atoms with van der Waals surface area (Å²) < 4.78 is 5.45. The summed E-state index contributed by atoms with van der Waals surface area (Å²) in [6.45, 7) is 7.63. The molecule has 1 aromatic rings. The first-order chi connectivity index (χ1) is 9.34. The average Bonchev–Trinajstić information content (AvgIpc) is 2.35. The minimum Gasteiger partial charge on any atom is -0.508 e. The summed E-state index contributed by atoms with van der Waals surface area (Å²) >= 11 is 0. The van der Waals surface area contributed by atoms with Crippen LogP contribution in [0.2, 0.25) is 0 Å². The molecule has 0 bridgehead atoms. The molecule has 1 aromatic carbocycles. The van der Waals surface area contributed by atoms with Gasteiger partial charge >= 0.3 is 5.97 Å². The van der Waals surface area contributed by atoms with E-state index in [0.29, 0.717) is 5.75 Å². The number of esters is 1. The number of hydrogen-bond acceptors (Lipinski definition) is 3. The van der Waals surface area contributed by atoms with Crippen molar-refractivity contribution in [1.82, 2.24) is 0 Å². The van der Waals surface area contributed by atoms with E-state index in [1.165, 1.54) is 25.3 Å². The molecule has 1 rings (SSSR count). The molecule has 0 saturated heterocycles. The molecular weight excluding hydrogens is 252 g/mol. The van der Waals surface area contributed by atoms with Crippen molar-refractivity contribution >= 4 is 5.97 Å². The minimum absolute atomic E-state index is 0.124. The van der Waals surface area contributed by atoms with Gasteiger partial charge in [0.25, 0.3) is 0 Å². The number of carbonyl (C=O) groups is 1. The molecule has 0 saturated carbocycles. The van der Waals surface area contributed by atoms with Crippen molar-refractivity contribution < 1.29 is 14.6 Å². The van der Waals surface area contributed by atoms with Gasteiger partial charge in [-0.25, -0.2) is 0 Å². The van der Waals surface area contributed by atoms with E-state index in [9.17, 15) is 9.90 Å². The zero-order chi connectivity index (χ0) is 15.2. The van der Waals surface area contributed by atoms with Crippen molar-refractivity contribution in [2.24, 2.45) is 5.41 Å². The Morgan fingerprint density at radius 2 is 1.90 bits per heavy atom. The number of unbranched alkanes of at least 4 members (excludes halogenated alkanes) is 3. The van der Waals surface area contributed by atoms with Gasteiger partial charge in [-0.3, -0.25) is 4.79 Å². The highest BCUT2D eigenvalue weighted by molar-refractivity contribution is 5.78. The number of phenolic OH excluding ortho intramolecular Hbond substituents is 1. The van der Waals surface area contributed by atoms with Crippen molar-refractivity contribution in [2.75, 3.05) is 0 Å². The minimum atomic E-state index is -0.551. The molecule has 1 N–H and O–H groups in total. The Kier molecular flexibility index (Phi) is 6.05. The number of hydrogen-bond donors (Lipinski definition) is 1. The van der Waals surface area contributed by atoms with Crippen LogP contribution in [0.1, 0.15) is 58.9 Å². The van der Waals surface area contributed by atoms with E-state index in [4.69, 9.17) is 4.74 Å². The van der Waals surface area contributed by atoms with Gasteiger partial charge in [0.1, 0.15) is 11.5 Å². The Hall–Kier alpha value is -1.51. The molecule has 20 heavy (non-hydrogen) atoms. The zero-order valence-corrected chi connectivity index (χ0v) is 13.0. The quantitative estimate of drug-likeness (QED) is 0.474. The third kappa shape index (κ3) is 5.24. The smallest absolute Gasteiger partial charge is 0.316 e. The van der Waals surface area contributed by atoms with Gasteiger partial charge in [-0.1, -0.05) is 32.3 Å². The number of benzene rings is 1. The lowest BCUT2D eigenvalue weighted by molar-refractivity contribution is -0.143. The van der Waals surface area contributed by atoms with E-state index < -0.39 is 5.41 Å². The lowest BCUT2D eigenvalue weighted by atomic mass is 9.97. The fraction of sp³-hybridized carbons (Fsp3) is 0.588. The second kappa shape index (κ2) is 7.32. The van der Waals surface area contributed by atoms with Crippen molar-refractivity contribution in [1.29, 1.82) is 0 Å². The molecule has 0 aliphatic rings. The maximum absolute atomic E-state index is 12.0. The van der Waals surface area contributed by atoms with Crippen LogP contribution < -0.4 is 4.74 Å². The lowest BCUT2D eigenvalue weighted by Gasteiger charge is -2.18. The van der Waals surface area contributed by atoms with Crippen LogP contribution in [0, 0.1) is 5.41 Å². The Labute approximate surface area is 122 Å². The summed E-state index contributed by atoms with van der Waals surface area (Å²) in [6.07, 6.45) is 5.52. The van der Waals surface area contributed by atoms with Crippen molar-refractivity contribution in [3.8, 4) is 11.5 Å². The van der Waals surface area contributed by atoms with E-state index in [0.717, 1.165) is 18.4 Å². The molecule has 0 atom stereocenters. The first kappa shape index (κ1) is 16.5. The molecule has 3 nitrogen and oxygen atoms in total. The Morgan fingerprint density at radius 1 is 1.20 bits per heavy atom. The van der Waals surface area contributed by atoms with Gasteiger partial charge < -0.3 is 9.84 Å². The van der Waals surface area contributed by atoms with Gasteiger partial charge in [-0.15, -0.1) is 0 Å². The van der Waals surface area contributed by atoms with Gasteiger partial charge in [-0.05, 0) is 45.2 Å². The number of aromatic hydroxyl groups is 1. The molecule has 0 radical (unpaired) electrons. The summed E-state index contributed by atoms with van der Waals surface area (Å²) in [5.74, 6) is 0.332. The molecule has 0 spiro atoms. The third-order valence-corrected chi connectivity index (χ3v) is 3.17. The average molecular weight is 278 g/mol. The maximum atomic E-state index is 12.0. The lowest BCUT2D eigenvalue weighted by Crippen LogP contribution is -2.26. The summed E-state index contributed by atoms with van der Waals surface area (Å²) in [6, 6.07) is 5.01. The first-order valence-corrected chi connectivity index (χ1v) is 7.38. The van der Waals surface area contributed by atoms with Crippen LogP contribution in [-0.4, -0.2) is 11.1 Å². The van der Waals surface area contributed by atoms with Crippen LogP contribution in [-0.2, 0) is 11.2 Å². The summed E-state index contributed by atoms with van der Waals surface area (Å²) in [4.78, 5) is 12.0. The van der Waals surface area contributed by atoms with Crippen LogP contribution in [0.4, 0.5) is 0 Å². The fourth-order valence-electron chi connectivity index (χ4n) is 1.84. The number of carbonyl (C=O) groups excluding carboxylic acids is 1. The topological polar surface area (TPSA) is 46.5 Å². The van der Waals surface area contributed by atoms with Gasteiger partial charge in [0.05, 0.1) is 5.41 Å². The van der Waals surface area contributed by atoms with E-state index in [1.807, 2.05) is 26.8 Å². The van der Waals surface area contributed by atoms with Crippen molar-refractivity contribution in [3.05, 3.63) is 23.8 Å². The largest absolute Gasteiger partial charge is 0.508 e. The molecule has 0 fully saturated rings. The molecular formula is C17H26O3. The summed E-state index contributed by atoms with van der Waals surface area (Å²) in [5, 5.41) is 9.57. The third-order valence-electron chi connectivity index (χ3n) is 3.17. The van der Waals surface area contributed by atoms with Crippen LogP contribution in [0.5, 0.6) is 11.5 Å². The van der Waals surface area contributed by atoms with Crippen LogP contribution >= 0.6 is 0 Å². The SMILES string of the molecule is CCCCCCc1ccc(O)cc1OC(=O)C(C)(C)C. The van der Waals surface area contributed by atoms with Crippen molar-refractivity contribution in [3.63, 3.8) is 0 Å². The van der Waals surface area contributed by atoms with E-state index in [-0.39, 0.29) is 11.7 Å². The molecule has 3 heteroatoms. The predicted molar refractivity (Wildman–Crippen MR) is 81.0 cm³/mol. The maximum Gasteiger partial charge on any atom is 0.316 e. The van der Waals surface area contributed by atoms with Crippen LogP contribution in [0.25, 0.3) is 0 Å². The van der Waals surface area contributed by atoms with Gasteiger partial charge in [-0.2, -0.15) is 0 Å². The van der Waals surface area contributed by atoms with Crippen LogP contribution in [0.3, 0.4) is 0 Å². The highest BCUT2D eigenvalue weighted by Gasteiger charge is 2.24. The normalized spacial score (nSPS) is 11.4. The van der Waals surface area contributed by atoms with Gasteiger partial charge in [0, 0.05) is 6.07 Å². The zero-order valence-electron chi connectivity index (χ0n) is 13.0. The molecule has 0 heterocycles. The van der Waals surface area contributed by atoms with Crippen LogP contribution in [0.15, 0.2) is 18.2 Å². The standard InChI is InChI=1S/C17H26O3/c1-5-6-7-8-9-13-10-11-14(18)12-15(13)20-16(19)17(2,3)4/h10-12,18H,5-9H2,1-4H3. The molecule has 0 aliphatic heterocycles. The summed E-state index contributed by atoms with van der Waals surface area (Å²) in [7, 11) is 0. The second-order valence-electron chi connectivity index (χ2n) is 6.24. The second-order valence-corrected chi connectivity index (χ2v) is 6.24. The first-order valence-electron chi connectivity index (χ1n) is 7.38. The van der Waals surface area contributed by atoms with Gasteiger partial charge in [0.15, 0.2) is 0 Å². The van der Waals surface area contributed by atoms with E-state index in [1.54, 1.807) is 6.07 Å². The number of ether oxygens (including phenoxy) is 1. The number of aryl methyl sites for hydroxylation is 1. The molecule has 0 unspecified atom stereocenters. The van der Waals surface area contributed by atoms with Gasteiger partial charge in [0.2, 0.25) is 0 Å². The van der Waals surface area contributed by atoms with Crippen molar-refractivity contribution in [2.45, 2.75) is 59.8 Å². The highest BCUT2D eigenvalue weighted by atomic mass is 16.5. The molecule has 0 aromatic heterocycles. The number of phenols is 1. The Balaban J connectivity index is 2.77. The predicted octanol–water partition coefficient (Wildman–Crippen LogP) is 4.47. The number of rotatable bonds is 6. The molecule has 0 aliphatic carbocycles. The van der Waals surface area contributed by atoms with E-state index >= 15 is 0 Å². The fourth-order valence-corrected chi connectivity index (χ4v) is 1.84. The Morgan fingerprint density at radius 3 is 2.50 bits per heavy atom. The molecule has 112 valence electrons.